The number of amides is 2. The number of nitrogens with zero attached hydrogens (tertiary/aromatic N) is 2. The molecule has 40 heavy (non-hydrogen) atoms. The van der Waals surface area contributed by atoms with Gasteiger partial charge in [-0.05, 0) is 69.1 Å². The van der Waals surface area contributed by atoms with Gasteiger partial charge in [0.1, 0.15) is 5.75 Å². The van der Waals surface area contributed by atoms with Crippen molar-refractivity contribution in [1.82, 2.24) is 9.80 Å². The third-order valence-electron chi connectivity index (χ3n) is 9.69. The van der Waals surface area contributed by atoms with Gasteiger partial charge in [0.15, 0.2) is 6.29 Å². The molecule has 0 aromatic heterocycles. The number of esters is 1. The summed E-state index contributed by atoms with van der Waals surface area (Å²) >= 11 is 0. The van der Waals surface area contributed by atoms with Gasteiger partial charge >= 0.3 is 5.97 Å². The van der Waals surface area contributed by atoms with Crippen molar-refractivity contribution in [3.8, 4) is 5.75 Å². The molecule has 1 saturated carbocycles. The average Bonchev–Trinajstić information content (AvgIpc) is 3.11. The summed E-state index contributed by atoms with van der Waals surface area (Å²) in [5, 5.41) is 10.3. The molecule has 5 rings (SSSR count). The first-order chi connectivity index (χ1) is 19.3. The molecule has 4 bridgehead atoms. The second kappa shape index (κ2) is 11.5. The molecule has 1 aromatic rings. The molecular formula is C31H42N2O7. The summed E-state index contributed by atoms with van der Waals surface area (Å²) < 4.78 is 16.7. The molecule has 0 unspecified atom stereocenters. The van der Waals surface area contributed by atoms with Crippen LogP contribution >= 0.6 is 0 Å². The summed E-state index contributed by atoms with van der Waals surface area (Å²) in [6.45, 7) is 6.91. The van der Waals surface area contributed by atoms with Gasteiger partial charge in [0.2, 0.25) is 11.8 Å². The molecule has 218 valence electrons. The number of carbonyl (C=O) groups is 3. The van der Waals surface area contributed by atoms with Crippen LogP contribution in [0.4, 0.5) is 0 Å². The third kappa shape index (κ3) is 4.81. The number of aliphatic hydroxyl groups is 1. The van der Waals surface area contributed by atoms with Crippen LogP contribution in [0, 0.1) is 17.3 Å². The normalized spacial score (nSPS) is 32.7. The van der Waals surface area contributed by atoms with Gasteiger partial charge in [-0.1, -0.05) is 18.2 Å². The lowest BCUT2D eigenvalue weighted by Gasteiger charge is -2.64. The SMILES string of the molecule is C=CCCCC(=O)N1CC[C@@H]2[C@@H]3C[C@]4(CC[C@@H](O)OC4)[C@H]1[C@@]2(CC(=O)OCC)N(Cc1ccc(OC)cc1)C3=O. The van der Waals surface area contributed by atoms with E-state index in [0.717, 1.165) is 17.7 Å². The summed E-state index contributed by atoms with van der Waals surface area (Å²) in [7, 11) is 1.61. The van der Waals surface area contributed by atoms with Crippen LogP contribution in [-0.2, 0) is 30.4 Å². The number of hydrogen-bond acceptors (Lipinski definition) is 7. The molecule has 2 amide bonds. The van der Waals surface area contributed by atoms with Crippen LogP contribution in [0.25, 0.3) is 0 Å². The molecule has 3 saturated heterocycles. The molecule has 3 aliphatic heterocycles. The number of ether oxygens (including phenoxy) is 3. The second-order valence-electron chi connectivity index (χ2n) is 11.8. The van der Waals surface area contributed by atoms with E-state index in [9.17, 15) is 19.5 Å². The predicted octanol–water partition coefficient (Wildman–Crippen LogP) is 3.44. The van der Waals surface area contributed by atoms with E-state index in [2.05, 4.69) is 6.58 Å². The Morgan fingerprint density at radius 2 is 2.02 bits per heavy atom. The number of rotatable bonds is 10. The zero-order valence-corrected chi connectivity index (χ0v) is 23.7. The van der Waals surface area contributed by atoms with Gasteiger partial charge in [0.05, 0.1) is 38.3 Å². The first-order valence-corrected chi connectivity index (χ1v) is 14.6. The Bertz CT molecular complexity index is 1110. The van der Waals surface area contributed by atoms with E-state index in [0.29, 0.717) is 51.6 Å². The van der Waals surface area contributed by atoms with Crippen molar-refractivity contribution in [3.63, 3.8) is 0 Å². The molecule has 6 atom stereocenters. The molecule has 1 N–H and O–H groups in total. The quantitative estimate of drug-likeness (QED) is 0.268. The Kier molecular flexibility index (Phi) is 8.25. The van der Waals surface area contributed by atoms with Crippen LogP contribution in [0.5, 0.6) is 5.75 Å². The van der Waals surface area contributed by atoms with Crippen molar-refractivity contribution in [1.29, 1.82) is 0 Å². The fourth-order valence-corrected chi connectivity index (χ4v) is 8.16. The molecule has 4 aliphatic rings. The monoisotopic (exact) mass is 554 g/mol. The zero-order chi connectivity index (χ0) is 28.5. The van der Waals surface area contributed by atoms with Gasteiger partial charge < -0.3 is 29.1 Å². The van der Waals surface area contributed by atoms with Crippen LogP contribution in [0.15, 0.2) is 36.9 Å². The molecule has 0 radical (unpaired) electrons. The van der Waals surface area contributed by atoms with Gasteiger partial charge in [-0.2, -0.15) is 0 Å². The molecule has 9 nitrogen and oxygen atoms in total. The smallest absolute Gasteiger partial charge is 0.308 e. The van der Waals surface area contributed by atoms with Gasteiger partial charge in [0, 0.05) is 30.8 Å². The number of benzene rings is 1. The van der Waals surface area contributed by atoms with Crippen LogP contribution in [0.1, 0.15) is 63.9 Å². The van der Waals surface area contributed by atoms with E-state index in [-0.39, 0.29) is 49.3 Å². The number of fused-ring (bicyclic) bond motifs is 1. The minimum Gasteiger partial charge on any atom is -0.497 e. The lowest BCUT2D eigenvalue weighted by molar-refractivity contribution is -0.223. The molecule has 9 heteroatoms. The van der Waals surface area contributed by atoms with Gasteiger partial charge in [-0.15, -0.1) is 6.58 Å². The Morgan fingerprint density at radius 3 is 2.67 bits per heavy atom. The van der Waals surface area contributed by atoms with Gasteiger partial charge in [0.25, 0.3) is 0 Å². The topological polar surface area (TPSA) is 106 Å². The summed E-state index contributed by atoms with van der Waals surface area (Å²) in [6.07, 6.45) is 5.05. The highest BCUT2D eigenvalue weighted by Gasteiger charge is 2.74. The van der Waals surface area contributed by atoms with Crippen molar-refractivity contribution in [3.05, 3.63) is 42.5 Å². The molecule has 1 aromatic carbocycles. The zero-order valence-electron chi connectivity index (χ0n) is 23.7. The van der Waals surface area contributed by atoms with E-state index in [1.807, 2.05) is 40.1 Å². The predicted molar refractivity (Wildman–Crippen MR) is 147 cm³/mol. The Hall–Kier alpha value is -2.91. The number of unbranched alkanes of at least 4 members (excludes halogenated alkanes) is 1. The van der Waals surface area contributed by atoms with Crippen molar-refractivity contribution in [2.24, 2.45) is 17.3 Å². The van der Waals surface area contributed by atoms with Crippen molar-refractivity contribution in [2.45, 2.75) is 82.7 Å². The van der Waals surface area contributed by atoms with E-state index in [4.69, 9.17) is 14.2 Å². The number of methoxy groups -OCH3 is 1. The molecule has 4 fully saturated rings. The van der Waals surface area contributed by atoms with Crippen molar-refractivity contribution < 1.29 is 33.7 Å². The average molecular weight is 555 g/mol. The Balaban J connectivity index is 1.62. The Labute approximate surface area is 236 Å². The first-order valence-electron chi connectivity index (χ1n) is 14.6. The van der Waals surface area contributed by atoms with Gasteiger partial charge in [-0.25, -0.2) is 0 Å². The molecule has 1 spiro atoms. The highest BCUT2D eigenvalue weighted by Crippen LogP contribution is 2.64. The summed E-state index contributed by atoms with van der Waals surface area (Å²) in [6, 6.07) is 7.20. The lowest BCUT2D eigenvalue weighted by atomic mass is 9.51. The summed E-state index contributed by atoms with van der Waals surface area (Å²) in [5.74, 6) is 0.0606. The number of likely N-dealkylation sites (tertiary alicyclic amines) is 2. The first kappa shape index (κ1) is 28.6. The number of allylic oxidation sites excluding steroid dienone is 1. The van der Waals surface area contributed by atoms with E-state index in [1.54, 1.807) is 14.0 Å². The second-order valence-corrected chi connectivity index (χ2v) is 11.8. The minimum absolute atomic E-state index is 0.0231. The minimum atomic E-state index is -0.926. The van der Waals surface area contributed by atoms with E-state index in [1.165, 1.54) is 0 Å². The lowest BCUT2D eigenvalue weighted by Crippen LogP contribution is -2.75. The van der Waals surface area contributed by atoms with Gasteiger partial charge in [-0.3, -0.25) is 14.4 Å². The van der Waals surface area contributed by atoms with E-state index >= 15 is 0 Å². The number of aliphatic hydroxyl groups excluding tert-OH is 1. The highest BCUT2D eigenvalue weighted by atomic mass is 16.6. The maximum absolute atomic E-state index is 14.3. The number of carbonyl (C=O) groups excluding carboxylic acids is 3. The maximum atomic E-state index is 14.3. The van der Waals surface area contributed by atoms with Crippen LogP contribution in [0.2, 0.25) is 0 Å². The van der Waals surface area contributed by atoms with Crippen molar-refractivity contribution in [2.75, 3.05) is 26.9 Å². The largest absolute Gasteiger partial charge is 0.497 e. The van der Waals surface area contributed by atoms with Crippen LogP contribution in [0.3, 0.4) is 0 Å². The molecule has 3 heterocycles. The summed E-state index contributed by atoms with van der Waals surface area (Å²) in [5.41, 5.74) is -0.549. The molecular weight excluding hydrogens is 512 g/mol. The Morgan fingerprint density at radius 1 is 1.25 bits per heavy atom. The van der Waals surface area contributed by atoms with E-state index < -0.39 is 23.3 Å². The third-order valence-corrected chi connectivity index (χ3v) is 9.69. The maximum Gasteiger partial charge on any atom is 0.308 e. The fraction of sp³-hybridized carbons (Fsp3) is 0.645. The number of piperidine rings is 1. The fourth-order valence-electron chi connectivity index (χ4n) is 8.16. The standard InChI is InChI=1S/C31H42N2O7/c1-4-6-7-8-25(34)32-16-14-24-23-17-30(15-13-26(35)40-20-30)29(32)31(24,18-27(36)39-5-2)33(28(23)37)19-21-9-11-22(38-3)12-10-21/h4,9-12,23-24,26,29,35H,1,5-8,13-20H2,2-3H3/t23-,24+,26-,29-,30-,31-/m0/s1. The van der Waals surface area contributed by atoms with Crippen molar-refractivity contribution >= 4 is 17.8 Å². The number of hydrogen-bond donors (Lipinski definition) is 1. The van der Waals surface area contributed by atoms with Crippen LogP contribution < -0.4 is 4.74 Å². The van der Waals surface area contributed by atoms with Crippen LogP contribution in [-0.4, -0.2) is 77.4 Å². The highest BCUT2D eigenvalue weighted by molar-refractivity contribution is 5.87. The summed E-state index contributed by atoms with van der Waals surface area (Å²) in [4.78, 5) is 45.4. The molecule has 1 aliphatic carbocycles.